The van der Waals surface area contributed by atoms with Crippen LogP contribution < -0.4 is 5.56 Å². The molecule has 162 valence electrons. The van der Waals surface area contributed by atoms with Crippen LogP contribution in [0.25, 0.3) is 10.8 Å². The first-order chi connectivity index (χ1) is 15.5. The minimum Gasteiger partial charge on any atom is -0.329 e. The van der Waals surface area contributed by atoms with Gasteiger partial charge in [-0.2, -0.15) is 5.10 Å². The van der Waals surface area contributed by atoms with E-state index in [4.69, 9.17) is 0 Å². The molecule has 0 unspecified atom stereocenters. The zero-order chi connectivity index (χ0) is 22.5. The smallest absolute Gasteiger partial charge is 0.275 e. The highest BCUT2D eigenvalue weighted by Crippen LogP contribution is 2.19. The lowest BCUT2D eigenvalue weighted by molar-refractivity contribution is 0.0723. The van der Waals surface area contributed by atoms with Crippen molar-refractivity contribution in [1.29, 1.82) is 0 Å². The molecule has 0 bridgehead atoms. The van der Waals surface area contributed by atoms with E-state index in [1.807, 2.05) is 50.2 Å². The molecule has 4 rings (SSSR count). The van der Waals surface area contributed by atoms with Crippen LogP contribution in [-0.4, -0.2) is 30.6 Å². The number of carbonyl (C=O) groups excluding carboxylic acids is 1. The molecule has 0 aliphatic heterocycles. The van der Waals surface area contributed by atoms with Crippen molar-refractivity contribution in [1.82, 2.24) is 24.6 Å². The van der Waals surface area contributed by atoms with Gasteiger partial charge in [0.1, 0.15) is 0 Å². The molecule has 1 amide bonds. The third kappa shape index (κ3) is 4.72. The van der Waals surface area contributed by atoms with E-state index in [2.05, 4.69) is 15.1 Å². The third-order valence-electron chi connectivity index (χ3n) is 5.11. The number of rotatable bonds is 7. The fraction of sp³-hybridized carbons (Fsp3) is 0.240. The molecule has 4 aromatic rings. The first kappa shape index (κ1) is 21.4. The molecule has 3 heterocycles. The van der Waals surface area contributed by atoms with Gasteiger partial charge in [-0.3, -0.25) is 19.6 Å². The molecule has 1 aromatic carbocycles. The van der Waals surface area contributed by atoms with E-state index in [-0.39, 0.29) is 23.1 Å². The van der Waals surface area contributed by atoms with Crippen LogP contribution in [0.3, 0.4) is 0 Å². The average Bonchev–Trinajstić information content (AvgIpc) is 2.81. The van der Waals surface area contributed by atoms with Crippen molar-refractivity contribution < 1.29 is 4.79 Å². The standard InChI is InChI=1S/C25H25N5O2/c1-18(2)15-30-24(31)22-8-4-3-7-21(22)23(28-30)25(32)29(16-19-9-12-26-13-10-19)17-20-6-5-11-27-14-20/h3-14,18H,15-17H2,1-2H3. The van der Waals surface area contributed by atoms with Crippen LogP contribution in [0.15, 0.2) is 78.1 Å². The second kappa shape index (κ2) is 9.51. The molecule has 0 radical (unpaired) electrons. The predicted molar refractivity (Wildman–Crippen MR) is 123 cm³/mol. The number of hydrogen-bond donors (Lipinski definition) is 0. The Morgan fingerprint density at radius 3 is 2.31 bits per heavy atom. The largest absolute Gasteiger partial charge is 0.329 e. The van der Waals surface area contributed by atoms with Crippen molar-refractivity contribution in [3.8, 4) is 0 Å². The lowest BCUT2D eigenvalue weighted by Crippen LogP contribution is -2.34. The van der Waals surface area contributed by atoms with Gasteiger partial charge in [-0.25, -0.2) is 4.68 Å². The number of aromatic nitrogens is 4. The summed E-state index contributed by atoms with van der Waals surface area (Å²) in [6.45, 7) is 5.23. The van der Waals surface area contributed by atoms with Gasteiger partial charge in [0.25, 0.3) is 11.5 Å². The lowest BCUT2D eigenvalue weighted by atomic mass is 10.1. The molecule has 0 spiro atoms. The topological polar surface area (TPSA) is 81.0 Å². The minimum absolute atomic E-state index is 0.182. The summed E-state index contributed by atoms with van der Waals surface area (Å²) in [5.74, 6) is -0.0213. The normalized spacial score (nSPS) is 11.1. The zero-order valence-corrected chi connectivity index (χ0v) is 18.2. The highest BCUT2D eigenvalue weighted by Gasteiger charge is 2.23. The molecule has 0 saturated heterocycles. The van der Waals surface area contributed by atoms with Gasteiger partial charge >= 0.3 is 0 Å². The SMILES string of the molecule is CC(C)Cn1nc(C(=O)N(Cc2ccncc2)Cc2cccnc2)c2ccccc2c1=O. The van der Waals surface area contributed by atoms with Crippen molar-refractivity contribution in [3.05, 3.63) is 100 Å². The highest BCUT2D eigenvalue weighted by atomic mass is 16.2. The lowest BCUT2D eigenvalue weighted by Gasteiger charge is -2.23. The Balaban J connectivity index is 1.80. The Hall–Kier alpha value is -3.87. The van der Waals surface area contributed by atoms with E-state index in [9.17, 15) is 9.59 Å². The van der Waals surface area contributed by atoms with Gasteiger partial charge in [0.05, 0.1) is 5.39 Å². The van der Waals surface area contributed by atoms with Crippen LogP contribution in [0.5, 0.6) is 0 Å². The van der Waals surface area contributed by atoms with Crippen molar-refractivity contribution >= 4 is 16.7 Å². The average molecular weight is 428 g/mol. The van der Waals surface area contributed by atoms with Crippen molar-refractivity contribution in [2.45, 2.75) is 33.5 Å². The van der Waals surface area contributed by atoms with Crippen molar-refractivity contribution in [2.75, 3.05) is 0 Å². The first-order valence-electron chi connectivity index (χ1n) is 10.6. The monoisotopic (exact) mass is 427 g/mol. The number of fused-ring (bicyclic) bond motifs is 1. The molecule has 0 aliphatic carbocycles. The van der Waals surface area contributed by atoms with Gasteiger partial charge in [0, 0.05) is 49.8 Å². The Morgan fingerprint density at radius 2 is 1.62 bits per heavy atom. The summed E-state index contributed by atoms with van der Waals surface area (Å²) in [6.07, 6.45) is 6.87. The van der Waals surface area contributed by atoms with Gasteiger partial charge in [0.15, 0.2) is 5.69 Å². The number of pyridine rings is 2. The maximum Gasteiger partial charge on any atom is 0.275 e. The van der Waals surface area contributed by atoms with Gasteiger partial charge in [-0.15, -0.1) is 0 Å². The van der Waals surface area contributed by atoms with Crippen LogP contribution in [0, 0.1) is 5.92 Å². The highest BCUT2D eigenvalue weighted by molar-refractivity contribution is 6.04. The van der Waals surface area contributed by atoms with Crippen molar-refractivity contribution in [2.24, 2.45) is 5.92 Å². The minimum atomic E-state index is -0.237. The van der Waals surface area contributed by atoms with Crippen LogP contribution in [0.2, 0.25) is 0 Å². The first-order valence-corrected chi connectivity index (χ1v) is 10.6. The number of hydrogen-bond acceptors (Lipinski definition) is 5. The van der Waals surface area contributed by atoms with E-state index in [1.54, 1.807) is 41.8 Å². The Bertz CT molecular complexity index is 1230. The summed E-state index contributed by atoms with van der Waals surface area (Å²) in [5, 5.41) is 5.59. The number of carbonyl (C=O) groups is 1. The van der Waals surface area contributed by atoms with Crippen LogP contribution in [-0.2, 0) is 19.6 Å². The quantitative estimate of drug-likeness (QED) is 0.449. The van der Waals surface area contributed by atoms with Crippen LogP contribution in [0.1, 0.15) is 35.5 Å². The molecule has 0 saturated carbocycles. The van der Waals surface area contributed by atoms with Gasteiger partial charge in [-0.05, 0) is 41.3 Å². The van der Waals surface area contributed by atoms with E-state index in [0.717, 1.165) is 11.1 Å². The van der Waals surface area contributed by atoms with Crippen molar-refractivity contribution in [3.63, 3.8) is 0 Å². The second-order valence-electron chi connectivity index (χ2n) is 8.15. The van der Waals surface area contributed by atoms with Gasteiger partial charge in [0.2, 0.25) is 0 Å². The van der Waals surface area contributed by atoms with Crippen LogP contribution >= 0.6 is 0 Å². The summed E-state index contributed by atoms with van der Waals surface area (Å²) in [7, 11) is 0. The van der Waals surface area contributed by atoms with Crippen LogP contribution in [0.4, 0.5) is 0 Å². The molecule has 3 aromatic heterocycles. The molecule has 0 N–H and O–H groups in total. The Kier molecular flexibility index (Phi) is 6.35. The summed E-state index contributed by atoms with van der Waals surface area (Å²) in [6, 6.07) is 14.7. The fourth-order valence-corrected chi connectivity index (χ4v) is 3.63. The Morgan fingerprint density at radius 1 is 0.906 bits per heavy atom. The molecular formula is C25H25N5O2. The number of benzene rings is 1. The number of nitrogens with zero attached hydrogens (tertiary/aromatic N) is 5. The zero-order valence-electron chi connectivity index (χ0n) is 18.2. The second-order valence-corrected chi connectivity index (χ2v) is 8.15. The molecule has 0 aliphatic rings. The summed E-state index contributed by atoms with van der Waals surface area (Å²) >= 11 is 0. The van der Waals surface area contributed by atoms with E-state index < -0.39 is 0 Å². The molecule has 7 nitrogen and oxygen atoms in total. The summed E-state index contributed by atoms with van der Waals surface area (Å²) < 4.78 is 1.41. The molecule has 0 atom stereocenters. The maximum absolute atomic E-state index is 13.8. The molecular weight excluding hydrogens is 402 g/mol. The fourth-order valence-electron chi connectivity index (χ4n) is 3.63. The van der Waals surface area contributed by atoms with Gasteiger partial charge in [-0.1, -0.05) is 38.1 Å². The summed E-state index contributed by atoms with van der Waals surface area (Å²) in [4.78, 5) is 36.7. The van der Waals surface area contributed by atoms with E-state index >= 15 is 0 Å². The molecule has 0 fully saturated rings. The molecule has 7 heteroatoms. The molecule has 32 heavy (non-hydrogen) atoms. The number of amides is 1. The van der Waals surface area contributed by atoms with Gasteiger partial charge < -0.3 is 4.90 Å². The predicted octanol–water partition coefficient (Wildman–Crippen LogP) is 3.69. The third-order valence-corrected chi connectivity index (χ3v) is 5.11. The Labute approximate surface area is 186 Å². The van der Waals surface area contributed by atoms with E-state index in [1.165, 1.54) is 4.68 Å². The maximum atomic E-state index is 13.8. The van der Waals surface area contributed by atoms with E-state index in [0.29, 0.717) is 30.4 Å². The summed E-state index contributed by atoms with van der Waals surface area (Å²) in [5.41, 5.74) is 1.96.